The minimum Gasteiger partial charge on any atom is -0.299 e. The van der Waals surface area contributed by atoms with E-state index in [9.17, 15) is 4.79 Å². The maximum Gasteiger partial charge on any atom is 0.135 e. The third kappa shape index (κ3) is 4.18. The summed E-state index contributed by atoms with van der Waals surface area (Å²) in [5.74, 6) is 0.715. The molecule has 0 radical (unpaired) electrons. The Morgan fingerprint density at radius 1 is 1.18 bits per heavy atom. The molecule has 0 aromatic rings. The summed E-state index contributed by atoms with van der Waals surface area (Å²) in [6, 6.07) is 0. The Balaban J connectivity index is 0. The van der Waals surface area contributed by atoms with Crippen molar-refractivity contribution in [3.8, 4) is 0 Å². The fourth-order valence-corrected chi connectivity index (χ4v) is 0.407. The number of hydrogen-bond donors (Lipinski definition) is 0. The molecule has 1 heteroatoms. The largest absolute Gasteiger partial charge is 0.299 e. The van der Waals surface area contributed by atoms with Crippen molar-refractivity contribution in [2.45, 2.75) is 48.5 Å². The van der Waals surface area contributed by atoms with E-state index in [1.165, 1.54) is 0 Å². The molecule has 0 rings (SSSR count). The first-order chi connectivity index (χ1) is 4.89. The standard InChI is InChI=1S/C8H16O.C2H6/c1-6(2)8(4,5)7(3)9;1-2/h6H,1-5H3;1-2H3. The third-order valence-corrected chi connectivity index (χ3v) is 2.35. The molecule has 0 saturated heterocycles. The van der Waals surface area contributed by atoms with Crippen molar-refractivity contribution in [3.63, 3.8) is 0 Å². The molecule has 0 aliphatic carbocycles. The maximum atomic E-state index is 10.9. The molecule has 0 heterocycles. The molecule has 68 valence electrons. The Labute approximate surface area is 71.2 Å². The smallest absolute Gasteiger partial charge is 0.135 e. The van der Waals surface area contributed by atoms with Gasteiger partial charge in [-0.05, 0) is 12.8 Å². The second-order valence-corrected chi connectivity index (χ2v) is 3.43. The van der Waals surface area contributed by atoms with Gasteiger partial charge in [-0.3, -0.25) is 4.79 Å². The molecule has 0 aromatic heterocycles. The predicted molar refractivity (Wildman–Crippen MR) is 50.6 cm³/mol. The van der Waals surface area contributed by atoms with Gasteiger partial charge in [0.1, 0.15) is 5.78 Å². The van der Waals surface area contributed by atoms with Gasteiger partial charge < -0.3 is 0 Å². The third-order valence-electron chi connectivity index (χ3n) is 2.35. The Bertz CT molecular complexity index is 112. The Morgan fingerprint density at radius 2 is 1.45 bits per heavy atom. The van der Waals surface area contributed by atoms with Gasteiger partial charge in [0.05, 0.1) is 0 Å². The second kappa shape index (κ2) is 5.34. The van der Waals surface area contributed by atoms with Crippen LogP contribution in [0.3, 0.4) is 0 Å². The van der Waals surface area contributed by atoms with Crippen LogP contribution >= 0.6 is 0 Å². The van der Waals surface area contributed by atoms with E-state index in [2.05, 4.69) is 13.8 Å². The van der Waals surface area contributed by atoms with Crippen LogP contribution in [-0.4, -0.2) is 5.78 Å². The van der Waals surface area contributed by atoms with Crippen LogP contribution in [0.25, 0.3) is 0 Å². The molecule has 11 heavy (non-hydrogen) atoms. The average molecular weight is 158 g/mol. The van der Waals surface area contributed by atoms with Gasteiger partial charge in [0.15, 0.2) is 0 Å². The maximum absolute atomic E-state index is 10.9. The average Bonchev–Trinajstić information content (AvgIpc) is 1.91. The molecular weight excluding hydrogens is 136 g/mol. The van der Waals surface area contributed by atoms with E-state index < -0.39 is 0 Å². The SMILES string of the molecule is CC.CC(=O)C(C)(C)C(C)C. The zero-order chi connectivity index (χ0) is 9.65. The highest BCUT2D eigenvalue weighted by Crippen LogP contribution is 2.26. The van der Waals surface area contributed by atoms with E-state index >= 15 is 0 Å². The van der Waals surface area contributed by atoms with E-state index in [1.54, 1.807) is 6.92 Å². The Kier molecular flexibility index (Phi) is 6.44. The van der Waals surface area contributed by atoms with Crippen molar-refractivity contribution in [2.24, 2.45) is 11.3 Å². The lowest BCUT2D eigenvalue weighted by Crippen LogP contribution is -2.27. The molecule has 0 spiro atoms. The van der Waals surface area contributed by atoms with Crippen LogP contribution in [0.4, 0.5) is 0 Å². The van der Waals surface area contributed by atoms with Gasteiger partial charge in [-0.15, -0.1) is 0 Å². The molecule has 0 fully saturated rings. The van der Waals surface area contributed by atoms with Crippen molar-refractivity contribution in [2.75, 3.05) is 0 Å². The van der Waals surface area contributed by atoms with Crippen molar-refractivity contribution < 1.29 is 4.79 Å². The summed E-state index contributed by atoms with van der Waals surface area (Å²) in [4.78, 5) is 10.9. The summed E-state index contributed by atoms with van der Waals surface area (Å²) in [7, 11) is 0. The van der Waals surface area contributed by atoms with Crippen LogP contribution in [0.15, 0.2) is 0 Å². The van der Waals surface area contributed by atoms with Crippen molar-refractivity contribution in [1.29, 1.82) is 0 Å². The summed E-state index contributed by atoms with van der Waals surface area (Å²) in [5.41, 5.74) is -0.139. The topological polar surface area (TPSA) is 17.1 Å². The van der Waals surface area contributed by atoms with Crippen LogP contribution in [-0.2, 0) is 4.79 Å². The molecule has 0 N–H and O–H groups in total. The predicted octanol–water partition coefficient (Wildman–Crippen LogP) is 3.28. The molecule has 1 nitrogen and oxygen atoms in total. The summed E-state index contributed by atoms with van der Waals surface area (Å²) in [6.45, 7) is 13.8. The van der Waals surface area contributed by atoms with Gasteiger partial charge in [0.25, 0.3) is 0 Å². The minimum absolute atomic E-state index is 0.139. The normalized spacial score (nSPS) is 10.5. The van der Waals surface area contributed by atoms with Gasteiger partial charge in [-0.25, -0.2) is 0 Å². The number of rotatable bonds is 2. The van der Waals surface area contributed by atoms with Gasteiger partial charge in [-0.1, -0.05) is 41.5 Å². The molecule has 0 unspecified atom stereocenters. The van der Waals surface area contributed by atoms with Crippen LogP contribution in [0.2, 0.25) is 0 Å². The summed E-state index contributed by atoms with van der Waals surface area (Å²) >= 11 is 0. The van der Waals surface area contributed by atoms with Crippen molar-refractivity contribution in [3.05, 3.63) is 0 Å². The van der Waals surface area contributed by atoms with Crippen LogP contribution < -0.4 is 0 Å². The molecular formula is C10H22O. The Morgan fingerprint density at radius 3 is 1.45 bits per heavy atom. The van der Waals surface area contributed by atoms with E-state index in [0.717, 1.165) is 0 Å². The van der Waals surface area contributed by atoms with Gasteiger partial charge in [0, 0.05) is 5.41 Å². The molecule has 0 amide bonds. The molecule has 0 saturated carbocycles. The highest BCUT2D eigenvalue weighted by molar-refractivity contribution is 5.81. The number of carbonyl (C=O) groups is 1. The highest BCUT2D eigenvalue weighted by Gasteiger charge is 2.26. The minimum atomic E-state index is -0.139. The summed E-state index contributed by atoms with van der Waals surface area (Å²) < 4.78 is 0. The van der Waals surface area contributed by atoms with Gasteiger partial charge >= 0.3 is 0 Å². The van der Waals surface area contributed by atoms with E-state index in [0.29, 0.717) is 5.92 Å². The van der Waals surface area contributed by atoms with Crippen molar-refractivity contribution >= 4 is 5.78 Å². The van der Waals surface area contributed by atoms with Crippen LogP contribution in [0.5, 0.6) is 0 Å². The molecule has 0 bridgehead atoms. The quantitative estimate of drug-likeness (QED) is 0.602. The monoisotopic (exact) mass is 158 g/mol. The fraction of sp³-hybridized carbons (Fsp3) is 0.900. The van der Waals surface area contributed by atoms with Gasteiger partial charge in [-0.2, -0.15) is 0 Å². The lowest BCUT2D eigenvalue weighted by Gasteiger charge is -2.25. The second-order valence-electron chi connectivity index (χ2n) is 3.43. The molecule has 0 aliphatic rings. The van der Waals surface area contributed by atoms with E-state index in [1.807, 2.05) is 27.7 Å². The zero-order valence-corrected chi connectivity index (χ0v) is 8.99. The van der Waals surface area contributed by atoms with Crippen LogP contribution in [0.1, 0.15) is 48.5 Å². The lowest BCUT2D eigenvalue weighted by molar-refractivity contribution is -0.126. The van der Waals surface area contributed by atoms with E-state index in [-0.39, 0.29) is 11.2 Å². The number of hydrogen-bond acceptors (Lipinski definition) is 1. The molecule has 0 aromatic carbocycles. The number of Topliss-reactive ketones (excluding diaryl/α,β-unsaturated/α-hetero) is 1. The van der Waals surface area contributed by atoms with Crippen LogP contribution in [0, 0.1) is 11.3 Å². The first-order valence-corrected chi connectivity index (χ1v) is 4.40. The van der Waals surface area contributed by atoms with Gasteiger partial charge in [0.2, 0.25) is 0 Å². The first kappa shape index (κ1) is 13.3. The number of ketones is 1. The fourth-order valence-electron chi connectivity index (χ4n) is 0.407. The first-order valence-electron chi connectivity index (χ1n) is 4.40. The van der Waals surface area contributed by atoms with Crippen molar-refractivity contribution in [1.82, 2.24) is 0 Å². The Hall–Kier alpha value is -0.330. The zero-order valence-electron chi connectivity index (χ0n) is 8.99. The van der Waals surface area contributed by atoms with E-state index in [4.69, 9.17) is 0 Å². The molecule has 0 atom stereocenters. The number of carbonyl (C=O) groups excluding carboxylic acids is 1. The highest BCUT2D eigenvalue weighted by atomic mass is 16.1. The molecule has 0 aliphatic heterocycles. The summed E-state index contributed by atoms with van der Waals surface area (Å²) in [5, 5.41) is 0. The summed E-state index contributed by atoms with van der Waals surface area (Å²) in [6.07, 6.45) is 0. The lowest BCUT2D eigenvalue weighted by atomic mass is 9.78.